The van der Waals surface area contributed by atoms with Crippen LogP contribution in [0.1, 0.15) is 28.4 Å². The number of rotatable bonds is 6. The largest absolute Gasteiger partial charge is 0.484 e. The molecule has 0 aliphatic carbocycles. The molecule has 4 aromatic rings. The molecule has 0 unspecified atom stereocenters. The van der Waals surface area contributed by atoms with E-state index < -0.39 is 5.97 Å². The van der Waals surface area contributed by atoms with Gasteiger partial charge >= 0.3 is 5.97 Å². The number of carbonyl (C=O) groups is 2. The van der Waals surface area contributed by atoms with Crippen LogP contribution < -0.4 is 4.74 Å². The van der Waals surface area contributed by atoms with Crippen molar-refractivity contribution in [1.82, 2.24) is 4.90 Å². The maximum Gasteiger partial charge on any atom is 0.342 e. The smallest absolute Gasteiger partial charge is 0.342 e. The van der Waals surface area contributed by atoms with Gasteiger partial charge in [0.1, 0.15) is 22.7 Å². The Morgan fingerprint density at radius 1 is 0.971 bits per heavy atom. The first-order valence-electron chi connectivity index (χ1n) is 11.4. The number of hydrogen-bond donors (Lipinski definition) is 0. The van der Waals surface area contributed by atoms with Gasteiger partial charge in [-0.2, -0.15) is 0 Å². The minimum atomic E-state index is -0.458. The number of furan rings is 1. The summed E-state index contributed by atoms with van der Waals surface area (Å²) in [5, 5.41) is 0.592. The van der Waals surface area contributed by atoms with Crippen molar-refractivity contribution >= 4 is 22.8 Å². The molecule has 3 aromatic carbocycles. The van der Waals surface area contributed by atoms with Gasteiger partial charge in [0, 0.05) is 24.0 Å². The van der Waals surface area contributed by atoms with Gasteiger partial charge in [-0.3, -0.25) is 4.79 Å². The maximum absolute atomic E-state index is 12.8. The highest BCUT2D eigenvalue weighted by Gasteiger charge is 2.24. The van der Waals surface area contributed by atoms with Crippen LogP contribution in [0.2, 0.25) is 0 Å². The first-order chi connectivity index (χ1) is 16.6. The van der Waals surface area contributed by atoms with E-state index in [0.29, 0.717) is 41.1 Å². The van der Waals surface area contributed by atoms with E-state index in [-0.39, 0.29) is 19.1 Å². The van der Waals surface area contributed by atoms with Crippen molar-refractivity contribution in [2.75, 3.05) is 19.8 Å². The third-order valence-corrected chi connectivity index (χ3v) is 6.02. The van der Waals surface area contributed by atoms with E-state index in [4.69, 9.17) is 13.9 Å². The van der Waals surface area contributed by atoms with Crippen LogP contribution in [0.15, 0.2) is 77.2 Å². The Labute approximate surface area is 197 Å². The average molecular weight is 456 g/mol. The Balaban J connectivity index is 1.38. The highest BCUT2D eigenvalue weighted by molar-refractivity contribution is 6.09. The number of fused-ring (bicyclic) bond motifs is 2. The molecule has 0 saturated heterocycles. The van der Waals surface area contributed by atoms with E-state index in [1.165, 1.54) is 11.1 Å². The quantitative estimate of drug-likeness (QED) is 0.372. The van der Waals surface area contributed by atoms with Crippen molar-refractivity contribution in [2.45, 2.75) is 19.9 Å². The van der Waals surface area contributed by atoms with E-state index in [9.17, 15) is 9.59 Å². The van der Waals surface area contributed by atoms with Crippen molar-refractivity contribution in [3.05, 3.63) is 89.5 Å². The molecule has 1 aliphatic rings. The Kier molecular flexibility index (Phi) is 6.04. The number of amides is 1. The Morgan fingerprint density at radius 2 is 1.74 bits per heavy atom. The van der Waals surface area contributed by atoms with Crippen molar-refractivity contribution < 1.29 is 23.5 Å². The number of nitrogens with zero attached hydrogens (tertiary/aromatic N) is 1. The number of ether oxygens (including phenoxy) is 2. The Morgan fingerprint density at radius 3 is 2.53 bits per heavy atom. The van der Waals surface area contributed by atoms with Gasteiger partial charge in [0.25, 0.3) is 5.91 Å². The SMILES string of the molecule is CCOC(=O)c1c(-c2ccccc2)oc2ccc(OCC(=O)N3CCc4ccccc4C3)cc12. The van der Waals surface area contributed by atoms with Crippen LogP contribution in [-0.2, 0) is 22.5 Å². The first kappa shape index (κ1) is 21.8. The Bertz CT molecular complexity index is 1340. The second kappa shape index (κ2) is 9.43. The molecule has 1 amide bonds. The van der Waals surface area contributed by atoms with Crippen LogP contribution in [0.5, 0.6) is 5.75 Å². The molecule has 0 N–H and O–H groups in total. The van der Waals surface area contributed by atoms with Gasteiger partial charge in [-0.15, -0.1) is 0 Å². The first-order valence-corrected chi connectivity index (χ1v) is 11.4. The van der Waals surface area contributed by atoms with Gasteiger partial charge in [-0.1, -0.05) is 54.6 Å². The van der Waals surface area contributed by atoms with Crippen molar-refractivity contribution in [1.29, 1.82) is 0 Å². The van der Waals surface area contributed by atoms with Crippen LogP contribution in [0.4, 0.5) is 0 Å². The topological polar surface area (TPSA) is 69.0 Å². The van der Waals surface area contributed by atoms with E-state index in [1.54, 1.807) is 25.1 Å². The molecule has 0 atom stereocenters. The summed E-state index contributed by atoms with van der Waals surface area (Å²) >= 11 is 0. The summed E-state index contributed by atoms with van der Waals surface area (Å²) in [5.41, 5.74) is 4.15. The van der Waals surface area contributed by atoms with Crippen LogP contribution >= 0.6 is 0 Å². The summed E-state index contributed by atoms with van der Waals surface area (Å²) in [5.74, 6) is 0.413. The van der Waals surface area contributed by atoms with Crippen molar-refractivity contribution in [2.24, 2.45) is 0 Å². The summed E-state index contributed by atoms with van der Waals surface area (Å²) in [7, 11) is 0. The molecular weight excluding hydrogens is 430 g/mol. The van der Waals surface area contributed by atoms with E-state index >= 15 is 0 Å². The zero-order chi connectivity index (χ0) is 23.5. The van der Waals surface area contributed by atoms with Gasteiger partial charge in [0.2, 0.25) is 0 Å². The second-order valence-electron chi connectivity index (χ2n) is 8.17. The number of esters is 1. The summed E-state index contributed by atoms with van der Waals surface area (Å²) in [4.78, 5) is 27.4. The number of hydrogen-bond acceptors (Lipinski definition) is 5. The molecule has 34 heavy (non-hydrogen) atoms. The van der Waals surface area contributed by atoms with Gasteiger partial charge in [0.05, 0.1) is 6.61 Å². The summed E-state index contributed by atoms with van der Waals surface area (Å²) in [6.07, 6.45) is 0.841. The molecule has 172 valence electrons. The average Bonchev–Trinajstić information content (AvgIpc) is 3.26. The predicted molar refractivity (Wildman–Crippen MR) is 129 cm³/mol. The third kappa shape index (κ3) is 4.27. The fourth-order valence-corrected chi connectivity index (χ4v) is 4.31. The lowest BCUT2D eigenvalue weighted by Crippen LogP contribution is -2.38. The lowest BCUT2D eigenvalue weighted by Gasteiger charge is -2.28. The molecule has 1 aromatic heterocycles. The molecule has 5 rings (SSSR count). The fourth-order valence-electron chi connectivity index (χ4n) is 4.31. The molecule has 2 heterocycles. The van der Waals surface area contributed by atoms with Crippen LogP contribution in [0.25, 0.3) is 22.3 Å². The number of carbonyl (C=O) groups excluding carboxylic acids is 2. The molecule has 0 spiro atoms. The molecule has 6 nitrogen and oxygen atoms in total. The summed E-state index contributed by atoms with van der Waals surface area (Å²) in [6.45, 7) is 3.21. The third-order valence-electron chi connectivity index (χ3n) is 6.02. The standard InChI is InChI=1S/C28H25NO5/c1-2-32-28(31)26-23-16-22(12-13-24(23)34-27(26)20-9-4-3-5-10-20)33-18-25(30)29-15-14-19-8-6-7-11-21(19)17-29/h3-13,16H,2,14-15,17-18H2,1H3. The lowest BCUT2D eigenvalue weighted by molar-refractivity contribution is -0.134. The van der Waals surface area contributed by atoms with Crippen LogP contribution in [0, 0.1) is 0 Å². The maximum atomic E-state index is 12.8. The number of benzene rings is 3. The highest BCUT2D eigenvalue weighted by atomic mass is 16.5. The molecule has 0 saturated carbocycles. The second-order valence-corrected chi connectivity index (χ2v) is 8.17. The zero-order valence-electron chi connectivity index (χ0n) is 19.0. The van der Waals surface area contributed by atoms with Gasteiger partial charge in [-0.25, -0.2) is 4.79 Å². The Hall–Kier alpha value is -4.06. The molecule has 6 heteroatoms. The van der Waals surface area contributed by atoms with E-state index in [0.717, 1.165) is 12.0 Å². The van der Waals surface area contributed by atoms with Gasteiger partial charge < -0.3 is 18.8 Å². The molecular formula is C28H25NO5. The minimum absolute atomic E-state index is 0.0719. The normalized spacial score (nSPS) is 12.9. The van der Waals surface area contributed by atoms with Crippen LogP contribution in [0.3, 0.4) is 0 Å². The van der Waals surface area contributed by atoms with E-state index in [2.05, 4.69) is 12.1 Å². The van der Waals surface area contributed by atoms with E-state index in [1.807, 2.05) is 47.4 Å². The van der Waals surface area contributed by atoms with Crippen molar-refractivity contribution in [3.63, 3.8) is 0 Å². The summed E-state index contributed by atoms with van der Waals surface area (Å²) in [6, 6.07) is 22.9. The predicted octanol–water partition coefficient (Wildman–Crippen LogP) is 5.24. The molecule has 1 aliphatic heterocycles. The fraction of sp³-hybridized carbons (Fsp3) is 0.214. The summed E-state index contributed by atoms with van der Waals surface area (Å²) < 4.78 is 17.2. The van der Waals surface area contributed by atoms with Gasteiger partial charge in [0.15, 0.2) is 6.61 Å². The zero-order valence-corrected chi connectivity index (χ0v) is 19.0. The molecule has 0 bridgehead atoms. The van der Waals surface area contributed by atoms with Crippen LogP contribution in [-0.4, -0.2) is 36.5 Å². The van der Waals surface area contributed by atoms with Gasteiger partial charge in [-0.05, 0) is 42.7 Å². The molecule has 0 radical (unpaired) electrons. The van der Waals surface area contributed by atoms with Crippen molar-refractivity contribution in [3.8, 4) is 17.1 Å². The highest BCUT2D eigenvalue weighted by Crippen LogP contribution is 2.36. The minimum Gasteiger partial charge on any atom is -0.484 e. The monoisotopic (exact) mass is 455 g/mol. The molecule has 0 fully saturated rings. The lowest BCUT2D eigenvalue weighted by atomic mass is 10.00.